The van der Waals surface area contributed by atoms with Gasteiger partial charge < -0.3 is 18.0 Å². The molecule has 0 aromatic carbocycles. The summed E-state index contributed by atoms with van der Waals surface area (Å²) < 4.78 is 31.8. The van der Waals surface area contributed by atoms with Crippen LogP contribution in [0, 0.1) is 0 Å². The van der Waals surface area contributed by atoms with E-state index in [4.69, 9.17) is 18.0 Å². The highest BCUT2D eigenvalue weighted by Crippen LogP contribution is 2.43. The van der Waals surface area contributed by atoms with Crippen LogP contribution in [-0.2, 0) is 33.5 Å². The largest absolute Gasteiger partial charge is 0.463 e. The maximum absolute atomic E-state index is 11.7. The zero-order valence-corrected chi connectivity index (χ0v) is 12.7. The van der Waals surface area contributed by atoms with Gasteiger partial charge in [0.05, 0.1) is 25.9 Å². The molecule has 0 fully saturated rings. The molecule has 0 heterocycles. The van der Waals surface area contributed by atoms with Gasteiger partial charge in [-0.1, -0.05) is 0 Å². The number of ether oxygens (including phenoxy) is 1. The van der Waals surface area contributed by atoms with Crippen molar-refractivity contribution >= 4 is 24.2 Å². The summed E-state index contributed by atoms with van der Waals surface area (Å²) in [6, 6.07) is 0. The number of esters is 1. The zero-order chi connectivity index (χ0) is 14.0. The molecule has 1 atom stereocenters. The lowest BCUT2D eigenvalue weighted by Gasteiger charge is -2.14. The second kappa shape index (κ2) is 10.4. The molecule has 106 valence electrons. The summed E-state index contributed by atoms with van der Waals surface area (Å²) >= 11 is 0. The second-order valence-corrected chi connectivity index (χ2v) is 6.22. The molecule has 0 N–H and O–H groups in total. The lowest BCUT2D eigenvalue weighted by atomic mass is 10.5. The summed E-state index contributed by atoms with van der Waals surface area (Å²) in [6.07, 6.45) is 1.13. The molecule has 0 saturated carbocycles. The topological polar surface area (TPSA) is 71.1 Å². The van der Waals surface area contributed by atoms with Crippen molar-refractivity contribution < 1.29 is 27.0 Å². The first-order chi connectivity index (χ1) is 8.54. The summed E-state index contributed by atoms with van der Waals surface area (Å²) in [4.78, 5) is 11.1. The van der Waals surface area contributed by atoms with E-state index in [9.17, 15) is 9.00 Å². The van der Waals surface area contributed by atoms with Crippen LogP contribution in [0.1, 0.15) is 27.7 Å². The van der Waals surface area contributed by atoms with Crippen LogP contribution in [-0.4, -0.2) is 30.0 Å². The van der Waals surface area contributed by atoms with E-state index in [1.165, 1.54) is 6.92 Å². The van der Waals surface area contributed by atoms with Gasteiger partial charge >= 0.3 is 13.5 Å². The molecular formula is C10H19O6PS. The number of allylic oxidation sites excluding steroid dienone is 1. The summed E-state index contributed by atoms with van der Waals surface area (Å²) in [5.41, 5.74) is 0. The summed E-state index contributed by atoms with van der Waals surface area (Å²) in [5.74, 6) is -0.345. The Morgan fingerprint density at radius 3 is 2.17 bits per heavy atom. The fourth-order valence-electron chi connectivity index (χ4n) is 0.851. The Balaban J connectivity index is 4.38. The molecule has 0 radical (unpaired) electrons. The minimum atomic E-state index is -1.76. The number of hydrogen-bond donors (Lipinski definition) is 0. The van der Waals surface area contributed by atoms with Gasteiger partial charge in [0.15, 0.2) is 0 Å². The molecular weight excluding hydrogens is 279 g/mol. The molecule has 0 aliphatic carbocycles. The first-order valence-corrected chi connectivity index (χ1v) is 8.42. The lowest BCUT2D eigenvalue weighted by Crippen LogP contribution is -2.04. The van der Waals surface area contributed by atoms with E-state index in [2.05, 4.69) is 0 Å². The highest BCUT2D eigenvalue weighted by molar-refractivity contribution is 8.40. The Hall–Kier alpha value is -0.490. The van der Waals surface area contributed by atoms with Gasteiger partial charge in [-0.15, -0.1) is 0 Å². The molecule has 0 aromatic rings. The van der Waals surface area contributed by atoms with Gasteiger partial charge in [-0.05, 0) is 27.7 Å². The fourth-order valence-corrected chi connectivity index (χ4v) is 3.54. The van der Waals surface area contributed by atoms with Gasteiger partial charge in [-0.3, -0.25) is 0 Å². The van der Waals surface area contributed by atoms with Gasteiger partial charge in [0, 0.05) is 0 Å². The van der Waals surface area contributed by atoms with Crippen LogP contribution in [0.3, 0.4) is 0 Å². The third kappa shape index (κ3) is 7.76. The minimum Gasteiger partial charge on any atom is -0.463 e. The third-order valence-electron chi connectivity index (χ3n) is 1.40. The molecule has 0 aliphatic heterocycles. The van der Waals surface area contributed by atoms with Crippen LogP contribution in [0.5, 0.6) is 0 Å². The predicted molar refractivity (Wildman–Crippen MR) is 69.8 cm³/mol. The van der Waals surface area contributed by atoms with E-state index in [0.29, 0.717) is 13.2 Å². The van der Waals surface area contributed by atoms with Gasteiger partial charge in [0.2, 0.25) is 0 Å². The molecule has 0 spiro atoms. The summed E-state index contributed by atoms with van der Waals surface area (Å²) in [5, 5.41) is 0. The van der Waals surface area contributed by atoms with Gasteiger partial charge in [0.1, 0.15) is 5.76 Å². The SMILES string of the molecule is CCOC(=O)/C=C(\C)OS(=O)P(OCC)OCC. The third-order valence-corrected chi connectivity index (χ3v) is 4.57. The minimum absolute atomic E-state index is 0.193. The zero-order valence-electron chi connectivity index (χ0n) is 11.0. The van der Waals surface area contributed by atoms with Crippen molar-refractivity contribution in [2.45, 2.75) is 27.7 Å². The predicted octanol–water partition coefficient (Wildman–Crippen LogP) is 2.43. The average Bonchev–Trinajstić information content (AvgIpc) is 2.28. The van der Waals surface area contributed by atoms with Crippen LogP contribution in [0.2, 0.25) is 0 Å². The molecule has 18 heavy (non-hydrogen) atoms. The molecule has 6 nitrogen and oxygen atoms in total. The smallest absolute Gasteiger partial charge is 0.334 e. The lowest BCUT2D eigenvalue weighted by molar-refractivity contribution is -0.137. The Bertz CT molecular complexity index is 301. The molecule has 0 rings (SSSR count). The van der Waals surface area contributed by atoms with E-state index in [1.54, 1.807) is 20.8 Å². The Morgan fingerprint density at radius 1 is 1.17 bits per heavy atom. The number of carbonyl (C=O) groups excluding carboxylic acids is 1. The van der Waals surface area contributed by atoms with E-state index in [-0.39, 0.29) is 12.4 Å². The Morgan fingerprint density at radius 2 is 1.72 bits per heavy atom. The Labute approximate surface area is 111 Å². The molecule has 0 bridgehead atoms. The van der Waals surface area contributed by atoms with Crippen LogP contribution in [0.25, 0.3) is 0 Å². The van der Waals surface area contributed by atoms with E-state index in [1.807, 2.05) is 0 Å². The number of carbonyl (C=O) groups is 1. The Kier molecular flexibility index (Phi) is 10.2. The van der Waals surface area contributed by atoms with Crippen molar-refractivity contribution in [3.63, 3.8) is 0 Å². The molecule has 0 saturated heterocycles. The first-order valence-electron chi connectivity index (χ1n) is 5.56. The quantitative estimate of drug-likeness (QED) is 0.282. The highest BCUT2D eigenvalue weighted by atomic mass is 32.8. The summed E-state index contributed by atoms with van der Waals surface area (Å²) in [7, 11) is -3.39. The van der Waals surface area contributed by atoms with Gasteiger partial charge in [-0.2, -0.15) is 0 Å². The van der Waals surface area contributed by atoms with Crippen LogP contribution >= 0.6 is 7.58 Å². The maximum Gasteiger partial charge on any atom is 0.334 e. The van der Waals surface area contributed by atoms with Crippen molar-refractivity contribution in [3.8, 4) is 0 Å². The van der Waals surface area contributed by atoms with E-state index >= 15 is 0 Å². The normalized spacial score (nSPS) is 13.5. The van der Waals surface area contributed by atoms with E-state index < -0.39 is 24.2 Å². The molecule has 0 aliphatic rings. The van der Waals surface area contributed by atoms with Gasteiger partial charge in [-0.25, -0.2) is 9.00 Å². The average molecular weight is 298 g/mol. The number of rotatable bonds is 9. The second-order valence-electron chi connectivity index (χ2n) is 2.87. The molecule has 0 amide bonds. The molecule has 1 unspecified atom stereocenters. The molecule has 0 aromatic heterocycles. The maximum atomic E-state index is 11.7. The van der Waals surface area contributed by atoms with Crippen molar-refractivity contribution in [2.24, 2.45) is 0 Å². The van der Waals surface area contributed by atoms with Crippen molar-refractivity contribution in [1.82, 2.24) is 0 Å². The van der Waals surface area contributed by atoms with E-state index in [0.717, 1.165) is 6.08 Å². The monoisotopic (exact) mass is 298 g/mol. The summed E-state index contributed by atoms with van der Waals surface area (Å²) in [6.45, 7) is 7.78. The number of hydrogen-bond acceptors (Lipinski definition) is 6. The van der Waals surface area contributed by atoms with Crippen molar-refractivity contribution in [2.75, 3.05) is 19.8 Å². The fraction of sp³-hybridized carbons (Fsp3) is 0.700. The van der Waals surface area contributed by atoms with Crippen LogP contribution < -0.4 is 0 Å². The molecule has 8 heteroatoms. The first kappa shape index (κ1) is 17.5. The van der Waals surface area contributed by atoms with Gasteiger partial charge in [0.25, 0.3) is 10.7 Å². The van der Waals surface area contributed by atoms with Crippen LogP contribution in [0.15, 0.2) is 11.8 Å². The highest BCUT2D eigenvalue weighted by Gasteiger charge is 2.21. The standard InChI is InChI=1S/C10H19O6PS/c1-5-13-10(11)8-9(4)16-18(12)17(14-6-2)15-7-3/h8H,5-7H2,1-4H3/b9-8+. The van der Waals surface area contributed by atoms with Crippen molar-refractivity contribution in [1.29, 1.82) is 0 Å². The van der Waals surface area contributed by atoms with Crippen molar-refractivity contribution in [3.05, 3.63) is 11.8 Å². The van der Waals surface area contributed by atoms with Crippen LogP contribution in [0.4, 0.5) is 0 Å².